The minimum absolute atomic E-state index is 0.0521. The topological polar surface area (TPSA) is 98.0 Å². The number of aliphatic hydroxyl groups is 2. The van der Waals surface area contributed by atoms with Gasteiger partial charge in [0.2, 0.25) is 0 Å². The van der Waals surface area contributed by atoms with Crippen molar-refractivity contribution >= 4 is 5.78 Å². The number of ketones is 1. The molecule has 174 valence electrons. The standard InChI is InChI=1S/C27H36O5/c1-16(7-8-18-11-19(28)10-17(2)24(18)32)9-20(29)13-26(5)15-22-23(31)12-21(30)14-27(26,6)25(22,3)4/h7,10-12,14,22,28,30-32H,8-9,13,15H2,1-6H3/b16-7+/t22?,26-,27?/m0/s1. The van der Waals surface area contributed by atoms with Gasteiger partial charge in [0, 0.05) is 35.8 Å². The van der Waals surface area contributed by atoms with Crippen molar-refractivity contribution in [3.63, 3.8) is 0 Å². The van der Waals surface area contributed by atoms with Crippen molar-refractivity contribution in [2.75, 3.05) is 0 Å². The van der Waals surface area contributed by atoms with Gasteiger partial charge in [0.05, 0.1) is 5.76 Å². The number of Topliss-reactive ketones (excluding diaryl/α,β-unsaturated/α-hetero) is 1. The third-order valence-electron chi connectivity index (χ3n) is 8.31. The summed E-state index contributed by atoms with van der Waals surface area (Å²) < 4.78 is 0. The summed E-state index contributed by atoms with van der Waals surface area (Å²) in [6.07, 6.45) is 6.92. The zero-order valence-electron chi connectivity index (χ0n) is 20.0. The van der Waals surface area contributed by atoms with Crippen molar-refractivity contribution in [2.24, 2.45) is 22.2 Å². The molecule has 0 saturated heterocycles. The highest BCUT2D eigenvalue weighted by molar-refractivity contribution is 5.81. The summed E-state index contributed by atoms with van der Waals surface area (Å²) in [5.74, 6) is 0.488. The van der Waals surface area contributed by atoms with Crippen LogP contribution in [0.1, 0.15) is 65.0 Å². The first-order valence-electron chi connectivity index (χ1n) is 11.2. The lowest BCUT2D eigenvalue weighted by atomic mass is 9.56. The number of aryl methyl sites for hydroxylation is 1. The normalized spacial score (nSPS) is 29.3. The molecule has 1 fully saturated rings. The van der Waals surface area contributed by atoms with E-state index in [1.807, 2.05) is 19.1 Å². The van der Waals surface area contributed by atoms with Gasteiger partial charge in [-0.05, 0) is 61.3 Å². The van der Waals surface area contributed by atoms with E-state index in [0.717, 1.165) is 5.57 Å². The van der Waals surface area contributed by atoms with Gasteiger partial charge in [-0.25, -0.2) is 0 Å². The molecule has 1 saturated carbocycles. The second kappa shape index (κ2) is 8.02. The fraction of sp³-hybridized carbons (Fsp3) is 0.519. The van der Waals surface area contributed by atoms with Crippen LogP contribution in [0.2, 0.25) is 0 Å². The third kappa shape index (κ3) is 3.94. The fourth-order valence-corrected chi connectivity index (χ4v) is 5.89. The minimum atomic E-state index is -0.464. The van der Waals surface area contributed by atoms with Crippen LogP contribution < -0.4 is 0 Å². The predicted molar refractivity (Wildman–Crippen MR) is 126 cm³/mol. The van der Waals surface area contributed by atoms with Crippen LogP contribution in [-0.2, 0) is 11.2 Å². The molecule has 3 atom stereocenters. The number of carbonyl (C=O) groups excluding carboxylic acids is 1. The maximum absolute atomic E-state index is 13.1. The average Bonchev–Trinajstić information content (AvgIpc) is 2.76. The van der Waals surface area contributed by atoms with Gasteiger partial charge in [-0.1, -0.05) is 39.3 Å². The van der Waals surface area contributed by atoms with Crippen LogP contribution in [0.5, 0.6) is 11.5 Å². The van der Waals surface area contributed by atoms with E-state index in [-0.39, 0.29) is 40.1 Å². The van der Waals surface area contributed by atoms with Crippen LogP contribution in [0.3, 0.4) is 0 Å². The van der Waals surface area contributed by atoms with E-state index in [9.17, 15) is 25.2 Å². The molecular weight excluding hydrogens is 404 g/mol. The molecule has 0 spiro atoms. The van der Waals surface area contributed by atoms with Crippen LogP contribution in [-0.4, -0.2) is 26.2 Å². The van der Waals surface area contributed by atoms with Gasteiger partial charge in [-0.3, -0.25) is 4.79 Å². The number of benzene rings is 1. The summed E-state index contributed by atoms with van der Waals surface area (Å²) in [7, 11) is 0. The van der Waals surface area contributed by atoms with E-state index in [1.54, 1.807) is 13.0 Å². The van der Waals surface area contributed by atoms with Gasteiger partial charge in [0.15, 0.2) is 0 Å². The predicted octanol–water partition coefficient (Wildman–Crippen LogP) is 6.20. The summed E-state index contributed by atoms with van der Waals surface area (Å²) in [5.41, 5.74) is 0.955. The van der Waals surface area contributed by atoms with Crippen molar-refractivity contribution < 1.29 is 25.2 Å². The third-order valence-corrected chi connectivity index (χ3v) is 8.31. The van der Waals surface area contributed by atoms with Crippen LogP contribution in [0.15, 0.2) is 47.5 Å². The number of phenolic OH excluding ortho intramolecular Hbond substituents is 2. The number of rotatable bonds is 6. The molecule has 1 aromatic rings. The van der Waals surface area contributed by atoms with Crippen LogP contribution in [0.25, 0.3) is 0 Å². The smallest absolute Gasteiger partial charge is 0.137 e. The lowest BCUT2D eigenvalue weighted by molar-refractivity contribution is -0.122. The molecular formula is C27H36O5. The number of hydrogen-bond acceptors (Lipinski definition) is 5. The molecule has 0 aliphatic heterocycles. The lowest BCUT2D eigenvalue weighted by Gasteiger charge is -2.46. The summed E-state index contributed by atoms with van der Waals surface area (Å²) in [5, 5.41) is 40.9. The Hall–Kier alpha value is -2.69. The van der Waals surface area contributed by atoms with Crippen molar-refractivity contribution in [2.45, 2.75) is 67.2 Å². The number of phenols is 2. The number of allylic oxidation sites excluding steroid dienone is 5. The van der Waals surface area contributed by atoms with Gasteiger partial charge >= 0.3 is 0 Å². The molecule has 1 aromatic carbocycles. The zero-order chi connectivity index (χ0) is 24.1. The molecule has 2 aliphatic carbocycles. The molecule has 0 aromatic heterocycles. The molecule has 0 amide bonds. The minimum Gasteiger partial charge on any atom is -0.512 e. The first-order chi connectivity index (χ1) is 14.7. The second-order valence-corrected chi connectivity index (χ2v) is 10.8. The van der Waals surface area contributed by atoms with E-state index in [2.05, 4.69) is 27.7 Å². The highest BCUT2D eigenvalue weighted by Crippen LogP contribution is 2.69. The lowest BCUT2D eigenvalue weighted by Crippen LogP contribution is -2.42. The highest BCUT2D eigenvalue weighted by Gasteiger charge is 2.64. The average molecular weight is 441 g/mol. The van der Waals surface area contributed by atoms with E-state index in [0.29, 0.717) is 36.8 Å². The maximum Gasteiger partial charge on any atom is 0.137 e. The SMILES string of the molecule is C/C(=C\Cc1cc(O)cc(C)c1O)CC(=O)C[C@@]1(C)CC2C(O)=CC(O)=CC1(C)C2(C)C. The van der Waals surface area contributed by atoms with Crippen LogP contribution in [0, 0.1) is 29.1 Å². The molecule has 0 heterocycles. The molecule has 2 aliphatic rings. The summed E-state index contributed by atoms with van der Waals surface area (Å²) in [6.45, 7) is 12.0. The van der Waals surface area contributed by atoms with Gasteiger partial charge in [0.1, 0.15) is 23.0 Å². The Kier molecular flexibility index (Phi) is 6.01. The number of carbonyl (C=O) groups is 1. The van der Waals surface area contributed by atoms with Gasteiger partial charge in [0.25, 0.3) is 0 Å². The van der Waals surface area contributed by atoms with Crippen LogP contribution in [0.4, 0.5) is 0 Å². The molecule has 2 bridgehead atoms. The molecule has 4 N–H and O–H groups in total. The Bertz CT molecular complexity index is 1030. The summed E-state index contributed by atoms with van der Waals surface area (Å²) in [6, 6.07) is 3.06. The van der Waals surface area contributed by atoms with Gasteiger partial charge in [-0.15, -0.1) is 0 Å². The highest BCUT2D eigenvalue weighted by atomic mass is 16.3. The number of hydrogen-bond donors (Lipinski definition) is 4. The van der Waals surface area contributed by atoms with Gasteiger partial charge in [-0.2, -0.15) is 0 Å². The monoisotopic (exact) mass is 440 g/mol. The Morgan fingerprint density at radius 1 is 1.12 bits per heavy atom. The maximum atomic E-state index is 13.1. The second-order valence-electron chi connectivity index (χ2n) is 10.8. The van der Waals surface area contributed by atoms with Crippen molar-refractivity contribution in [3.8, 4) is 11.5 Å². The molecule has 5 nitrogen and oxygen atoms in total. The molecule has 5 heteroatoms. The van der Waals surface area contributed by atoms with E-state index in [1.165, 1.54) is 12.1 Å². The molecule has 0 radical (unpaired) electrons. The Morgan fingerprint density at radius 3 is 2.44 bits per heavy atom. The van der Waals surface area contributed by atoms with E-state index in [4.69, 9.17) is 0 Å². The number of aromatic hydroxyl groups is 2. The summed E-state index contributed by atoms with van der Waals surface area (Å²) >= 11 is 0. The van der Waals surface area contributed by atoms with E-state index >= 15 is 0 Å². The van der Waals surface area contributed by atoms with Crippen molar-refractivity contribution in [1.29, 1.82) is 0 Å². The van der Waals surface area contributed by atoms with Crippen molar-refractivity contribution in [3.05, 3.63) is 58.6 Å². The molecule has 32 heavy (non-hydrogen) atoms. The zero-order valence-corrected chi connectivity index (χ0v) is 20.0. The molecule has 3 rings (SSSR count). The quantitative estimate of drug-likeness (QED) is 0.312. The van der Waals surface area contributed by atoms with E-state index < -0.39 is 10.8 Å². The first-order valence-corrected chi connectivity index (χ1v) is 11.2. The summed E-state index contributed by atoms with van der Waals surface area (Å²) in [4.78, 5) is 13.1. The number of fused-ring (bicyclic) bond motifs is 2. The van der Waals surface area contributed by atoms with Gasteiger partial charge < -0.3 is 20.4 Å². The Balaban J connectivity index is 1.76. The Labute approximate surface area is 190 Å². The fourth-order valence-electron chi connectivity index (χ4n) is 5.89. The number of aliphatic hydroxyl groups excluding tert-OH is 2. The Morgan fingerprint density at radius 2 is 1.78 bits per heavy atom. The first kappa shape index (κ1) is 24.0. The molecule has 2 unspecified atom stereocenters. The largest absolute Gasteiger partial charge is 0.512 e. The van der Waals surface area contributed by atoms with Crippen molar-refractivity contribution in [1.82, 2.24) is 0 Å². The van der Waals surface area contributed by atoms with Crippen LogP contribution >= 0.6 is 0 Å².